The van der Waals surface area contributed by atoms with Crippen LogP contribution >= 0.6 is 11.3 Å². The van der Waals surface area contributed by atoms with Crippen molar-refractivity contribution in [3.8, 4) is 0 Å². The van der Waals surface area contributed by atoms with Crippen molar-refractivity contribution in [2.45, 2.75) is 0 Å². The Morgan fingerprint density at radius 1 is 0.377 bits per heavy atom. The van der Waals surface area contributed by atoms with Crippen LogP contribution in [0.5, 0.6) is 0 Å². The standard InChI is InChI=1S/C48H27N3OS/c1-5-14-38-30(10-1)35-23-24-36-31-11-2-6-15-39(31)51-47(36)46(35)50(38)41-17-9-16-40(48(41)51)49(28-21-25-45-37(26-28)34-13-4-8-19-44(34)53-45)29-20-22-33-32-12-3-7-18-42(32)52-43(33)27-29/h1-27H. The van der Waals surface area contributed by atoms with Gasteiger partial charge in [-0.2, -0.15) is 0 Å². The first-order chi connectivity index (χ1) is 26.3. The second-order valence-corrected chi connectivity index (χ2v) is 15.2. The van der Waals surface area contributed by atoms with Gasteiger partial charge in [-0.3, -0.25) is 0 Å². The third-order valence-electron chi connectivity index (χ3n) is 11.4. The summed E-state index contributed by atoms with van der Waals surface area (Å²) in [7, 11) is 0. The van der Waals surface area contributed by atoms with Gasteiger partial charge in [0.1, 0.15) is 11.2 Å². The molecule has 8 aromatic carbocycles. The second kappa shape index (κ2) is 9.94. The van der Waals surface area contributed by atoms with Gasteiger partial charge in [-0.25, -0.2) is 0 Å². The number of rotatable bonds is 3. The van der Waals surface area contributed by atoms with E-state index >= 15 is 0 Å². The molecule has 5 heteroatoms. The third kappa shape index (κ3) is 3.54. The monoisotopic (exact) mass is 693 g/mol. The van der Waals surface area contributed by atoms with Crippen molar-refractivity contribution < 1.29 is 4.42 Å². The molecule has 246 valence electrons. The first-order valence-electron chi connectivity index (χ1n) is 18.0. The van der Waals surface area contributed by atoms with Crippen molar-refractivity contribution in [1.82, 2.24) is 8.80 Å². The molecule has 0 saturated heterocycles. The number of furan rings is 1. The molecule has 0 bridgehead atoms. The van der Waals surface area contributed by atoms with Gasteiger partial charge in [0.2, 0.25) is 0 Å². The SMILES string of the molecule is c1ccc2c(c1)oc1cc(N(c3ccc4sc5ccccc5c4c3)c3cccc4c3n3c5ccccc5c5ccc6c7ccccc7n4c6c53)ccc12. The molecular formula is C48H27N3OS. The minimum absolute atomic E-state index is 0.873. The maximum Gasteiger partial charge on any atom is 0.137 e. The van der Waals surface area contributed by atoms with Gasteiger partial charge in [0, 0.05) is 69.9 Å². The van der Waals surface area contributed by atoms with Crippen LogP contribution < -0.4 is 4.90 Å². The summed E-state index contributed by atoms with van der Waals surface area (Å²) in [5.41, 5.74) is 12.2. The first kappa shape index (κ1) is 27.8. The first-order valence-corrected chi connectivity index (χ1v) is 18.8. The molecule has 0 fully saturated rings. The average molecular weight is 694 g/mol. The Bertz CT molecular complexity index is 3650. The molecule has 5 heterocycles. The fourth-order valence-electron chi connectivity index (χ4n) is 9.23. The second-order valence-electron chi connectivity index (χ2n) is 14.1. The van der Waals surface area contributed by atoms with Gasteiger partial charge in [0.15, 0.2) is 0 Å². The highest BCUT2D eigenvalue weighted by Gasteiger charge is 2.26. The Hall–Kier alpha value is -6.82. The van der Waals surface area contributed by atoms with E-state index in [4.69, 9.17) is 4.42 Å². The highest BCUT2D eigenvalue weighted by molar-refractivity contribution is 7.25. The van der Waals surface area contributed by atoms with Crippen molar-refractivity contribution in [3.63, 3.8) is 0 Å². The van der Waals surface area contributed by atoms with E-state index in [2.05, 4.69) is 171 Å². The average Bonchev–Trinajstić information content (AvgIpc) is 3.96. The number of hydrogen-bond donors (Lipinski definition) is 0. The van der Waals surface area contributed by atoms with E-state index in [0.29, 0.717) is 0 Å². The van der Waals surface area contributed by atoms with E-state index in [0.717, 1.165) is 50.0 Å². The lowest BCUT2D eigenvalue weighted by Gasteiger charge is -2.28. The summed E-state index contributed by atoms with van der Waals surface area (Å²) in [5, 5.41) is 9.85. The molecule has 0 radical (unpaired) electrons. The molecule has 0 unspecified atom stereocenters. The van der Waals surface area contributed by atoms with E-state index in [-0.39, 0.29) is 0 Å². The number of anilines is 3. The summed E-state index contributed by atoms with van der Waals surface area (Å²) in [5.74, 6) is 0. The molecular weight excluding hydrogens is 667 g/mol. The van der Waals surface area contributed by atoms with E-state index in [9.17, 15) is 0 Å². The quantitative estimate of drug-likeness (QED) is 0.172. The summed E-state index contributed by atoms with van der Waals surface area (Å²) in [4.78, 5) is 2.44. The number of fused-ring (bicyclic) bond motifs is 15. The Labute approximate surface area is 305 Å². The highest BCUT2D eigenvalue weighted by Crippen LogP contribution is 2.48. The highest BCUT2D eigenvalue weighted by atomic mass is 32.1. The van der Waals surface area contributed by atoms with Crippen molar-refractivity contribution in [2.24, 2.45) is 0 Å². The van der Waals surface area contributed by atoms with Gasteiger partial charge >= 0.3 is 0 Å². The van der Waals surface area contributed by atoms with Crippen LogP contribution in [0.15, 0.2) is 168 Å². The molecule has 0 spiro atoms. The number of para-hydroxylation sites is 4. The number of hydrogen-bond acceptors (Lipinski definition) is 3. The van der Waals surface area contributed by atoms with Crippen molar-refractivity contribution >= 4 is 125 Å². The fraction of sp³-hybridized carbons (Fsp3) is 0. The lowest BCUT2D eigenvalue weighted by Crippen LogP contribution is -2.12. The molecule has 4 nitrogen and oxygen atoms in total. The van der Waals surface area contributed by atoms with E-state index < -0.39 is 0 Å². The maximum absolute atomic E-state index is 6.52. The normalized spacial score (nSPS) is 12.5. The summed E-state index contributed by atoms with van der Waals surface area (Å²) in [6.45, 7) is 0. The Morgan fingerprint density at radius 3 is 1.79 bits per heavy atom. The van der Waals surface area contributed by atoms with Crippen molar-refractivity contribution in [1.29, 1.82) is 0 Å². The van der Waals surface area contributed by atoms with E-state index in [1.807, 2.05) is 17.4 Å². The number of thiophene rings is 1. The molecule has 0 aliphatic heterocycles. The molecule has 0 aliphatic rings. The van der Waals surface area contributed by atoms with Gasteiger partial charge in [-0.1, -0.05) is 91.0 Å². The van der Waals surface area contributed by atoms with E-state index in [1.54, 1.807) is 0 Å². The summed E-state index contributed by atoms with van der Waals surface area (Å²) in [6, 6.07) is 59.8. The molecule has 5 aromatic heterocycles. The number of benzene rings is 8. The van der Waals surface area contributed by atoms with Crippen LogP contribution in [-0.2, 0) is 0 Å². The topological polar surface area (TPSA) is 25.2 Å². The Balaban J connectivity index is 1.22. The van der Waals surface area contributed by atoms with Crippen LogP contribution in [0.25, 0.3) is 96.8 Å². The molecule has 13 rings (SSSR count). The zero-order valence-electron chi connectivity index (χ0n) is 28.2. The predicted molar refractivity (Wildman–Crippen MR) is 224 cm³/mol. The summed E-state index contributed by atoms with van der Waals surface area (Å²) < 4.78 is 14.1. The van der Waals surface area contributed by atoms with Crippen molar-refractivity contribution in [2.75, 3.05) is 4.90 Å². The maximum atomic E-state index is 6.52. The predicted octanol–water partition coefficient (Wildman–Crippen LogP) is 14.0. The Kier molecular flexibility index (Phi) is 5.22. The number of aromatic nitrogens is 2. The van der Waals surface area contributed by atoms with Gasteiger partial charge in [-0.05, 0) is 66.7 Å². The Morgan fingerprint density at radius 2 is 0.962 bits per heavy atom. The molecule has 0 N–H and O–H groups in total. The van der Waals surface area contributed by atoms with Crippen LogP contribution in [0.2, 0.25) is 0 Å². The molecule has 13 aromatic rings. The number of nitrogens with zero attached hydrogens (tertiary/aromatic N) is 3. The van der Waals surface area contributed by atoms with Crippen LogP contribution in [0, 0.1) is 0 Å². The van der Waals surface area contributed by atoms with Gasteiger partial charge < -0.3 is 18.1 Å². The molecule has 53 heavy (non-hydrogen) atoms. The zero-order valence-corrected chi connectivity index (χ0v) is 29.1. The van der Waals surface area contributed by atoms with Crippen LogP contribution in [0.4, 0.5) is 17.1 Å². The van der Waals surface area contributed by atoms with Gasteiger partial charge in [-0.15, -0.1) is 11.3 Å². The molecule has 0 atom stereocenters. The van der Waals surface area contributed by atoms with Crippen LogP contribution in [-0.4, -0.2) is 8.80 Å². The lowest BCUT2D eigenvalue weighted by molar-refractivity contribution is 0.669. The minimum atomic E-state index is 0.873. The van der Waals surface area contributed by atoms with Crippen molar-refractivity contribution in [3.05, 3.63) is 164 Å². The molecule has 0 amide bonds. The van der Waals surface area contributed by atoms with E-state index in [1.165, 1.54) is 63.8 Å². The van der Waals surface area contributed by atoms with Gasteiger partial charge in [0.25, 0.3) is 0 Å². The fourth-order valence-corrected chi connectivity index (χ4v) is 10.3. The molecule has 0 saturated carbocycles. The zero-order chi connectivity index (χ0) is 34.4. The minimum Gasteiger partial charge on any atom is -0.456 e. The lowest BCUT2D eigenvalue weighted by atomic mass is 10.1. The summed E-state index contributed by atoms with van der Waals surface area (Å²) >= 11 is 1.85. The third-order valence-corrected chi connectivity index (χ3v) is 12.6. The smallest absolute Gasteiger partial charge is 0.137 e. The molecule has 0 aliphatic carbocycles. The van der Waals surface area contributed by atoms with Crippen LogP contribution in [0.1, 0.15) is 0 Å². The largest absolute Gasteiger partial charge is 0.456 e. The summed E-state index contributed by atoms with van der Waals surface area (Å²) in [6.07, 6.45) is 0. The van der Waals surface area contributed by atoms with Gasteiger partial charge in [0.05, 0.1) is 38.8 Å². The van der Waals surface area contributed by atoms with Crippen LogP contribution in [0.3, 0.4) is 0 Å².